The number of halogens is 3. The van der Waals surface area contributed by atoms with E-state index in [2.05, 4.69) is 4.98 Å². The topological polar surface area (TPSA) is 62.3 Å². The molecule has 1 saturated carbocycles. The number of alkyl halides is 3. The molecule has 0 radical (unpaired) electrons. The molecule has 1 fully saturated rings. The van der Waals surface area contributed by atoms with Gasteiger partial charge in [-0.2, -0.15) is 13.2 Å². The van der Waals surface area contributed by atoms with Crippen LogP contribution in [0.25, 0.3) is 10.9 Å². The van der Waals surface area contributed by atoms with Crippen LogP contribution in [-0.2, 0) is 24.0 Å². The Bertz CT molecular complexity index is 1130. The van der Waals surface area contributed by atoms with Gasteiger partial charge in [-0.25, -0.2) is 0 Å². The molecular formula is C25H26F3NO3. The van der Waals surface area contributed by atoms with Gasteiger partial charge < -0.3 is 14.8 Å². The minimum Gasteiger partial charge on any atom is -0.489 e. The van der Waals surface area contributed by atoms with E-state index >= 15 is 0 Å². The van der Waals surface area contributed by atoms with E-state index in [9.17, 15) is 18.0 Å². The summed E-state index contributed by atoms with van der Waals surface area (Å²) < 4.78 is 46.9. The standard InChI is InChI=1S/C25H26F3NO3/c1-15-20-13-18(7-9-23(20)29-22(15)10-11-24(30)31)32-14-16-6-8-19(17-4-2-3-5-17)21(12-16)25(26,27)28/h6-9,12-13,17,29H,2-5,10-11,14H2,1H3,(H,30,31). The van der Waals surface area contributed by atoms with Crippen molar-refractivity contribution in [2.24, 2.45) is 0 Å². The maximum atomic E-state index is 13.7. The van der Waals surface area contributed by atoms with E-state index in [0.29, 0.717) is 23.3 Å². The van der Waals surface area contributed by atoms with E-state index in [4.69, 9.17) is 9.84 Å². The zero-order valence-corrected chi connectivity index (χ0v) is 17.9. The van der Waals surface area contributed by atoms with Crippen molar-refractivity contribution in [3.05, 3.63) is 64.3 Å². The summed E-state index contributed by atoms with van der Waals surface area (Å²) in [5.74, 6) is -0.321. The van der Waals surface area contributed by atoms with Crippen molar-refractivity contribution in [1.82, 2.24) is 4.98 Å². The molecule has 0 saturated heterocycles. The molecule has 0 bridgehead atoms. The molecule has 0 spiro atoms. The van der Waals surface area contributed by atoms with Crippen LogP contribution in [-0.4, -0.2) is 16.1 Å². The fraction of sp³-hybridized carbons (Fsp3) is 0.400. The Balaban J connectivity index is 1.52. The van der Waals surface area contributed by atoms with E-state index < -0.39 is 17.7 Å². The molecule has 4 rings (SSSR count). The van der Waals surface area contributed by atoms with Crippen LogP contribution in [0.4, 0.5) is 13.2 Å². The van der Waals surface area contributed by atoms with Gasteiger partial charge in [0, 0.05) is 16.6 Å². The lowest BCUT2D eigenvalue weighted by Crippen LogP contribution is -2.12. The summed E-state index contributed by atoms with van der Waals surface area (Å²) >= 11 is 0. The normalized spacial score (nSPS) is 14.9. The lowest BCUT2D eigenvalue weighted by molar-refractivity contribution is -0.138. The number of carbonyl (C=O) groups is 1. The van der Waals surface area contributed by atoms with Gasteiger partial charge in [0.25, 0.3) is 0 Å². The fourth-order valence-electron chi connectivity index (χ4n) is 4.63. The van der Waals surface area contributed by atoms with Crippen molar-refractivity contribution < 1.29 is 27.8 Å². The second-order valence-corrected chi connectivity index (χ2v) is 8.52. The largest absolute Gasteiger partial charge is 0.489 e. The van der Waals surface area contributed by atoms with Gasteiger partial charge in [0.1, 0.15) is 12.4 Å². The monoisotopic (exact) mass is 445 g/mol. The van der Waals surface area contributed by atoms with Crippen LogP contribution in [0.2, 0.25) is 0 Å². The highest BCUT2D eigenvalue weighted by Crippen LogP contribution is 2.42. The Morgan fingerprint density at radius 3 is 2.59 bits per heavy atom. The van der Waals surface area contributed by atoms with Crippen LogP contribution >= 0.6 is 0 Å². The predicted molar refractivity (Wildman–Crippen MR) is 116 cm³/mol. The van der Waals surface area contributed by atoms with Crippen molar-refractivity contribution in [3.8, 4) is 5.75 Å². The average molecular weight is 445 g/mol. The molecule has 32 heavy (non-hydrogen) atoms. The van der Waals surface area contributed by atoms with Crippen molar-refractivity contribution in [2.75, 3.05) is 0 Å². The zero-order valence-electron chi connectivity index (χ0n) is 17.9. The van der Waals surface area contributed by atoms with Gasteiger partial charge in [-0.15, -0.1) is 0 Å². The highest BCUT2D eigenvalue weighted by molar-refractivity contribution is 5.86. The summed E-state index contributed by atoms with van der Waals surface area (Å²) in [6.45, 7) is 1.95. The third-order valence-corrected chi connectivity index (χ3v) is 6.35. The van der Waals surface area contributed by atoms with Gasteiger partial charge in [0.05, 0.1) is 12.0 Å². The smallest absolute Gasteiger partial charge is 0.416 e. The Morgan fingerprint density at radius 2 is 1.91 bits per heavy atom. The molecule has 170 valence electrons. The molecule has 1 aliphatic carbocycles. The molecule has 1 aromatic heterocycles. The zero-order chi connectivity index (χ0) is 22.9. The number of aromatic nitrogens is 1. The summed E-state index contributed by atoms with van der Waals surface area (Å²) in [6, 6.07) is 10.0. The van der Waals surface area contributed by atoms with Crippen LogP contribution in [0.1, 0.15) is 66.0 Å². The lowest BCUT2D eigenvalue weighted by atomic mass is 9.91. The third-order valence-electron chi connectivity index (χ3n) is 6.35. The number of rotatable bonds is 7. The van der Waals surface area contributed by atoms with Gasteiger partial charge >= 0.3 is 12.1 Å². The summed E-state index contributed by atoms with van der Waals surface area (Å²) in [7, 11) is 0. The molecule has 1 heterocycles. The molecule has 0 amide bonds. The van der Waals surface area contributed by atoms with Crippen LogP contribution in [0.15, 0.2) is 36.4 Å². The first kappa shape index (κ1) is 22.2. The molecular weight excluding hydrogens is 419 g/mol. The SMILES string of the molecule is Cc1c(CCC(=O)O)[nH]c2ccc(OCc3ccc(C4CCCC4)c(C(F)(F)F)c3)cc12. The summed E-state index contributed by atoms with van der Waals surface area (Å²) in [4.78, 5) is 14.1. The minimum absolute atomic E-state index is 0.0177. The second kappa shape index (κ2) is 8.88. The maximum absolute atomic E-state index is 13.7. The fourth-order valence-corrected chi connectivity index (χ4v) is 4.63. The first-order valence-electron chi connectivity index (χ1n) is 10.9. The van der Waals surface area contributed by atoms with Gasteiger partial charge in [0.15, 0.2) is 0 Å². The predicted octanol–water partition coefficient (Wildman–Crippen LogP) is 6.75. The van der Waals surface area contributed by atoms with Crippen molar-refractivity contribution in [2.45, 2.75) is 64.1 Å². The maximum Gasteiger partial charge on any atom is 0.416 e. The summed E-state index contributed by atoms with van der Waals surface area (Å²) in [5.41, 5.74) is 3.01. The van der Waals surface area contributed by atoms with Crippen LogP contribution in [0, 0.1) is 6.92 Å². The average Bonchev–Trinajstić information content (AvgIpc) is 3.38. The van der Waals surface area contributed by atoms with Crippen LogP contribution in [0.5, 0.6) is 5.75 Å². The Labute approximate surface area is 184 Å². The molecule has 3 aromatic rings. The van der Waals surface area contributed by atoms with E-state index in [1.54, 1.807) is 18.2 Å². The number of carboxylic acid groups (broad SMARTS) is 1. The Kier molecular flexibility index (Phi) is 6.17. The first-order valence-corrected chi connectivity index (χ1v) is 10.9. The van der Waals surface area contributed by atoms with Gasteiger partial charge in [-0.1, -0.05) is 25.0 Å². The van der Waals surface area contributed by atoms with Crippen molar-refractivity contribution >= 4 is 16.9 Å². The third kappa shape index (κ3) is 4.76. The number of hydrogen-bond acceptors (Lipinski definition) is 2. The van der Waals surface area contributed by atoms with Crippen molar-refractivity contribution in [3.63, 3.8) is 0 Å². The van der Waals surface area contributed by atoms with E-state index in [0.717, 1.165) is 47.8 Å². The molecule has 0 atom stereocenters. The number of carboxylic acids is 1. The van der Waals surface area contributed by atoms with Crippen molar-refractivity contribution in [1.29, 1.82) is 0 Å². The van der Waals surface area contributed by atoms with E-state index in [1.165, 1.54) is 6.07 Å². The molecule has 1 aliphatic rings. The van der Waals surface area contributed by atoms with Gasteiger partial charge in [0.2, 0.25) is 0 Å². The number of hydrogen-bond donors (Lipinski definition) is 2. The second-order valence-electron chi connectivity index (χ2n) is 8.52. The van der Waals surface area contributed by atoms with E-state index in [1.807, 2.05) is 19.1 Å². The molecule has 0 unspecified atom stereocenters. The number of benzene rings is 2. The number of aromatic amines is 1. The van der Waals surface area contributed by atoms with Gasteiger partial charge in [-0.3, -0.25) is 4.79 Å². The lowest BCUT2D eigenvalue weighted by Gasteiger charge is -2.19. The number of H-pyrrole nitrogens is 1. The molecule has 4 nitrogen and oxygen atoms in total. The minimum atomic E-state index is -4.39. The number of fused-ring (bicyclic) bond motifs is 1. The number of aliphatic carboxylic acids is 1. The highest BCUT2D eigenvalue weighted by atomic mass is 19.4. The van der Waals surface area contributed by atoms with Gasteiger partial charge in [-0.05, 0) is 73.1 Å². The summed E-state index contributed by atoms with van der Waals surface area (Å²) in [6.07, 6.45) is -0.374. The number of nitrogens with one attached hydrogen (secondary N) is 1. The van der Waals surface area contributed by atoms with E-state index in [-0.39, 0.29) is 18.9 Å². The molecule has 7 heteroatoms. The number of ether oxygens (including phenoxy) is 1. The summed E-state index contributed by atoms with van der Waals surface area (Å²) in [5, 5.41) is 9.82. The number of aryl methyl sites for hydroxylation is 2. The Morgan fingerprint density at radius 1 is 1.16 bits per heavy atom. The molecule has 2 aromatic carbocycles. The quantitative estimate of drug-likeness (QED) is 0.423. The van der Waals surface area contributed by atoms with Crippen LogP contribution < -0.4 is 4.74 Å². The highest BCUT2D eigenvalue weighted by Gasteiger charge is 2.36. The van der Waals surface area contributed by atoms with Crippen LogP contribution in [0.3, 0.4) is 0 Å². The Hall–Kier alpha value is -2.96. The molecule has 0 aliphatic heterocycles. The first-order chi connectivity index (χ1) is 15.2. The molecule has 2 N–H and O–H groups in total.